The predicted molar refractivity (Wildman–Crippen MR) is 103 cm³/mol. The second-order valence-corrected chi connectivity index (χ2v) is 8.23. The van der Waals surface area contributed by atoms with Crippen LogP contribution in [0.1, 0.15) is 25.7 Å². The second-order valence-electron chi connectivity index (χ2n) is 6.96. The van der Waals surface area contributed by atoms with Crippen LogP contribution in [-0.2, 0) is 4.79 Å². The number of fused-ring (bicyclic) bond motifs is 1. The summed E-state index contributed by atoms with van der Waals surface area (Å²) >= 11 is 1.89. The van der Waals surface area contributed by atoms with Gasteiger partial charge in [0.1, 0.15) is 6.61 Å². The maximum atomic E-state index is 13.5. The van der Waals surface area contributed by atoms with Crippen molar-refractivity contribution in [2.45, 2.75) is 43.0 Å². The summed E-state index contributed by atoms with van der Waals surface area (Å²) in [6.45, 7) is 0.685. The highest BCUT2D eigenvalue weighted by Gasteiger charge is 2.42. The summed E-state index contributed by atoms with van der Waals surface area (Å²) in [5.74, 6) is 0.837. The lowest BCUT2D eigenvalue weighted by atomic mass is 10.0. The molecule has 2 saturated heterocycles. The van der Waals surface area contributed by atoms with Crippen LogP contribution < -0.4 is 15.4 Å². The van der Waals surface area contributed by atoms with Crippen molar-refractivity contribution in [1.29, 1.82) is 0 Å². The van der Waals surface area contributed by atoms with E-state index in [-0.39, 0.29) is 36.4 Å². The molecule has 0 aromatic heterocycles. The van der Waals surface area contributed by atoms with E-state index in [9.17, 15) is 14.0 Å². The Morgan fingerprint density at radius 2 is 2.15 bits per heavy atom. The van der Waals surface area contributed by atoms with Crippen LogP contribution in [0.3, 0.4) is 0 Å². The van der Waals surface area contributed by atoms with Crippen LogP contribution in [-0.4, -0.2) is 60.1 Å². The van der Waals surface area contributed by atoms with Crippen LogP contribution in [0, 0.1) is 5.82 Å². The van der Waals surface area contributed by atoms with Gasteiger partial charge in [-0.15, -0.1) is 0 Å². The molecule has 2 heterocycles. The van der Waals surface area contributed by atoms with Crippen LogP contribution in [0.5, 0.6) is 5.75 Å². The molecule has 2 fully saturated rings. The number of unbranched alkanes of at least 4 members (excludes halogenated alkanes) is 1. The van der Waals surface area contributed by atoms with Crippen LogP contribution in [0.2, 0.25) is 0 Å². The summed E-state index contributed by atoms with van der Waals surface area (Å²) in [4.78, 5) is 25.2. The molecule has 3 amide bonds. The first-order valence-electron chi connectivity index (χ1n) is 9.34. The number of hydrogen-bond donors (Lipinski definition) is 2. The van der Waals surface area contributed by atoms with Gasteiger partial charge in [-0.2, -0.15) is 11.8 Å². The van der Waals surface area contributed by atoms with E-state index in [0.29, 0.717) is 18.2 Å². The Hall–Kier alpha value is -1.96. The Balaban J connectivity index is 1.29. The van der Waals surface area contributed by atoms with Crippen molar-refractivity contribution < 1.29 is 18.7 Å². The number of ether oxygens (including phenoxy) is 1. The van der Waals surface area contributed by atoms with Gasteiger partial charge in [-0.3, -0.25) is 4.79 Å². The number of para-hydroxylation sites is 1. The van der Waals surface area contributed by atoms with E-state index >= 15 is 0 Å². The topological polar surface area (TPSA) is 70.7 Å². The first kappa shape index (κ1) is 19.8. The molecule has 0 bridgehead atoms. The molecule has 0 spiro atoms. The fraction of sp³-hybridized carbons (Fsp3) is 0.579. The molecule has 3 atom stereocenters. The molecule has 0 saturated carbocycles. The average Bonchev–Trinajstić information content (AvgIpc) is 3.19. The number of carbonyl (C=O) groups is 2. The zero-order valence-corrected chi connectivity index (χ0v) is 16.3. The molecule has 148 valence electrons. The second kappa shape index (κ2) is 9.30. The molecular weight excluding hydrogens is 369 g/mol. The van der Waals surface area contributed by atoms with Gasteiger partial charge < -0.3 is 20.3 Å². The predicted octanol–water partition coefficient (Wildman–Crippen LogP) is 2.39. The van der Waals surface area contributed by atoms with Crippen molar-refractivity contribution >= 4 is 23.7 Å². The van der Waals surface area contributed by atoms with Gasteiger partial charge in [-0.05, 0) is 25.0 Å². The number of nitrogens with one attached hydrogen (secondary N) is 2. The maximum Gasteiger partial charge on any atom is 0.315 e. The third-order valence-electron chi connectivity index (χ3n) is 5.01. The van der Waals surface area contributed by atoms with Crippen molar-refractivity contribution in [3.05, 3.63) is 30.1 Å². The zero-order valence-electron chi connectivity index (χ0n) is 15.4. The summed E-state index contributed by atoms with van der Waals surface area (Å²) in [7, 11) is 1.74. The highest BCUT2D eigenvalue weighted by atomic mass is 32.2. The number of carbonyl (C=O) groups excluding carboxylic acids is 2. The Morgan fingerprint density at radius 3 is 2.96 bits per heavy atom. The molecule has 2 aliphatic heterocycles. The van der Waals surface area contributed by atoms with Gasteiger partial charge >= 0.3 is 6.03 Å². The van der Waals surface area contributed by atoms with Gasteiger partial charge in [0, 0.05) is 24.5 Å². The van der Waals surface area contributed by atoms with Gasteiger partial charge in [-0.1, -0.05) is 18.6 Å². The van der Waals surface area contributed by atoms with Crippen molar-refractivity contribution in [3.63, 3.8) is 0 Å². The van der Waals surface area contributed by atoms with Crippen molar-refractivity contribution in [1.82, 2.24) is 15.5 Å². The lowest BCUT2D eigenvalue weighted by Gasteiger charge is -2.19. The first-order chi connectivity index (χ1) is 13.0. The molecule has 0 aliphatic carbocycles. The molecule has 2 N–H and O–H groups in total. The smallest absolute Gasteiger partial charge is 0.315 e. The van der Waals surface area contributed by atoms with E-state index in [0.717, 1.165) is 25.0 Å². The SMILES string of the molecule is CN(CCOc1ccccc1F)C(=O)CCCC[C@@H]1SC[C@@H]2NC(=O)N[C@@H]21. The van der Waals surface area contributed by atoms with Gasteiger partial charge in [0.25, 0.3) is 0 Å². The number of nitrogens with zero attached hydrogens (tertiary/aromatic N) is 1. The molecule has 0 radical (unpaired) electrons. The van der Waals surface area contributed by atoms with Crippen molar-refractivity contribution in [2.24, 2.45) is 0 Å². The Bertz CT molecular complexity index is 675. The van der Waals surface area contributed by atoms with Gasteiger partial charge in [0.2, 0.25) is 5.91 Å². The third kappa shape index (κ3) is 5.28. The van der Waals surface area contributed by atoms with E-state index in [4.69, 9.17) is 4.74 Å². The van der Waals surface area contributed by atoms with Crippen molar-refractivity contribution in [3.8, 4) is 5.75 Å². The summed E-state index contributed by atoms with van der Waals surface area (Å²) < 4.78 is 18.9. The summed E-state index contributed by atoms with van der Waals surface area (Å²) in [6, 6.07) is 6.65. The number of thioether (sulfide) groups is 1. The van der Waals surface area contributed by atoms with Crippen LogP contribution >= 0.6 is 11.8 Å². The summed E-state index contributed by atoms with van der Waals surface area (Å²) in [5, 5.41) is 6.35. The Morgan fingerprint density at radius 1 is 1.33 bits per heavy atom. The van der Waals surface area contributed by atoms with Crippen molar-refractivity contribution in [2.75, 3.05) is 26.0 Å². The van der Waals surface area contributed by atoms with Gasteiger partial charge in [0.05, 0.1) is 18.6 Å². The molecule has 8 heteroatoms. The molecule has 2 aliphatic rings. The quantitative estimate of drug-likeness (QED) is 0.498. The zero-order chi connectivity index (χ0) is 19.2. The average molecular weight is 396 g/mol. The lowest BCUT2D eigenvalue weighted by Crippen LogP contribution is -2.36. The highest BCUT2D eigenvalue weighted by Crippen LogP contribution is 2.33. The highest BCUT2D eigenvalue weighted by molar-refractivity contribution is 8.00. The minimum atomic E-state index is -0.396. The molecule has 1 aromatic carbocycles. The van der Waals surface area contributed by atoms with Gasteiger partial charge in [-0.25, -0.2) is 9.18 Å². The Labute approximate surface area is 163 Å². The number of urea groups is 1. The minimum Gasteiger partial charge on any atom is -0.489 e. The van der Waals surface area contributed by atoms with E-state index in [1.54, 1.807) is 30.1 Å². The Kier molecular flexibility index (Phi) is 6.82. The molecular formula is C19H26FN3O3S. The van der Waals surface area contributed by atoms with E-state index in [2.05, 4.69) is 10.6 Å². The number of amides is 3. The summed E-state index contributed by atoms with van der Waals surface area (Å²) in [5.41, 5.74) is 0. The fourth-order valence-electron chi connectivity index (χ4n) is 3.43. The van der Waals surface area contributed by atoms with Crippen LogP contribution in [0.25, 0.3) is 0 Å². The normalized spacial score (nSPS) is 23.5. The maximum absolute atomic E-state index is 13.5. The number of benzene rings is 1. The van der Waals surface area contributed by atoms with E-state index in [1.807, 2.05) is 11.8 Å². The molecule has 6 nitrogen and oxygen atoms in total. The monoisotopic (exact) mass is 395 g/mol. The number of likely N-dealkylation sites (N-methyl/N-ethyl adjacent to an activating group) is 1. The van der Waals surface area contributed by atoms with E-state index in [1.165, 1.54) is 6.07 Å². The van der Waals surface area contributed by atoms with E-state index < -0.39 is 5.82 Å². The van der Waals surface area contributed by atoms with Crippen LogP contribution in [0.4, 0.5) is 9.18 Å². The number of halogens is 1. The van der Waals surface area contributed by atoms with Gasteiger partial charge in [0.15, 0.2) is 11.6 Å². The lowest BCUT2D eigenvalue weighted by molar-refractivity contribution is -0.130. The first-order valence-corrected chi connectivity index (χ1v) is 10.4. The summed E-state index contributed by atoms with van der Waals surface area (Å²) in [6.07, 6.45) is 3.28. The number of rotatable bonds is 9. The molecule has 0 unspecified atom stereocenters. The fourth-order valence-corrected chi connectivity index (χ4v) is 4.98. The third-order valence-corrected chi connectivity index (χ3v) is 6.52. The standard InChI is InChI=1S/C19H26FN3O3S/c1-23(10-11-26-15-7-3-2-6-13(15)20)17(24)9-5-4-8-16-18-14(12-27-16)21-19(25)22-18/h2-3,6-7,14,16,18H,4-5,8-12H2,1H3,(H2,21,22,25)/t14-,16-,18-/m0/s1. The molecule has 3 rings (SSSR count). The van der Waals surface area contributed by atoms with Crippen LogP contribution in [0.15, 0.2) is 24.3 Å². The molecule has 1 aromatic rings. The largest absolute Gasteiger partial charge is 0.489 e. The molecule has 27 heavy (non-hydrogen) atoms. The number of hydrogen-bond acceptors (Lipinski definition) is 4. The minimum absolute atomic E-state index is 0.0651.